The smallest absolute Gasteiger partial charge is 0.311 e. The second-order valence-corrected chi connectivity index (χ2v) is 7.02. The monoisotopic (exact) mass is 359 g/mol. The average Bonchev–Trinajstić information content (AvgIpc) is 2.94. The largest absolute Gasteiger partial charge is 0.329 e. The van der Waals surface area contributed by atoms with E-state index in [2.05, 4.69) is 21.8 Å². The molecule has 0 spiro atoms. The van der Waals surface area contributed by atoms with Crippen molar-refractivity contribution >= 4 is 34.4 Å². The van der Waals surface area contributed by atoms with Crippen molar-refractivity contribution in [2.45, 2.75) is 20.4 Å². The van der Waals surface area contributed by atoms with Gasteiger partial charge < -0.3 is 9.47 Å². The molecule has 25 heavy (non-hydrogen) atoms. The predicted octanol–water partition coefficient (Wildman–Crippen LogP) is 2.17. The number of H-pyrrole nitrogens is 1. The average molecular weight is 360 g/mol. The number of hydrogen-bond donors (Lipinski definition) is 1. The van der Waals surface area contributed by atoms with E-state index in [1.165, 1.54) is 4.57 Å². The number of aromatic nitrogens is 4. The molecule has 8 heteroatoms. The van der Waals surface area contributed by atoms with Gasteiger partial charge in [0.25, 0.3) is 5.56 Å². The molecule has 0 fully saturated rings. The van der Waals surface area contributed by atoms with Crippen LogP contribution in [-0.4, -0.2) is 25.6 Å². The molecule has 3 heterocycles. The third-order valence-corrected chi connectivity index (χ3v) is 5.16. The van der Waals surface area contributed by atoms with E-state index in [1.807, 2.05) is 29.7 Å². The molecule has 1 aliphatic rings. The summed E-state index contributed by atoms with van der Waals surface area (Å²) in [5.41, 5.74) is 1.85. The zero-order valence-electron chi connectivity index (χ0n) is 14.2. The van der Waals surface area contributed by atoms with Gasteiger partial charge in [-0.05, 0) is 30.5 Å². The first-order valence-electron chi connectivity index (χ1n) is 8.10. The van der Waals surface area contributed by atoms with Gasteiger partial charge in [0.15, 0.2) is 11.2 Å². The van der Waals surface area contributed by atoms with Crippen molar-refractivity contribution < 1.29 is 0 Å². The molecule has 1 aromatic carbocycles. The molecule has 2 aromatic heterocycles. The maximum atomic E-state index is 12.4. The van der Waals surface area contributed by atoms with E-state index in [0.717, 1.165) is 17.8 Å². The van der Waals surface area contributed by atoms with E-state index in [1.54, 1.807) is 7.05 Å². The van der Waals surface area contributed by atoms with E-state index in [-0.39, 0.29) is 0 Å². The Hall–Kier alpha value is -2.54. The number of imidazole rings is 1. The van der Waals surface area contributed by atoms with Crippen LogP contribution in [0, 0.1) is 12.8 Å². The Bertz CT molecular complexity index is 1110. The predicted molar refractivity (Wildman–Crippen MR) is 98.0 cm³/mol. The van der Waals surface area contributed by atoms with Crippen LogP contribution in [0.25, 0.3) is 11.2 Å². The molecule has 130 valence electrons. The van der Waals surface area contributed by atoms with Crippen LogP contribution in [0.5, 0.6) is 0 Å². The van der Waals surface area contributed by atoms with Gasteiger partial charge in [-0.15, -0.1) is 0 Å². The number of nitrogens with one attached hydrogen (secondary N) is 1. The fourth-order valence-corrected chi connectivity index (χ4v) is 3.63. The number of nitrogens with zero attached hydrogens (tertiary/aromatic N) is 4. The molecule has 0 saturated heterocycles. The standard InChI is InChI=1S/C17H18ClN5O2/c1-9-7-22(12-6-4-5-11(18)10(12)2)16-19-14-13(23(16)8-9)15(24)20-17(25)21(14)3/h4-6,9H,7-8H2,1-3H3,(H,20,24,25)/t9-/m0/s1. The third kappa shape index (κ3) is 2.30. The highest BCUT2D eigenvalue weighted by atomic mass is 35.5. The maximum absolute atomic E-state index is 12.4. The number of anilines is 2. The summed E-state index contributed by atoms with van der Waals surface area (Å²) in [5, 5.41) is 0.684. The van der Waals surface area contributed by atoms with Gasteiger partial charge in [0.1, 0.15) is 0 Å². The minimum Gasteiger partial charge on any atom is -0.311 e. The second-order valence-electron chi connectivity index (χ2n) is 6.61. The van der Waals surface area contributed by atoms with Gasteiger partial charge in [-0.1, -0.05) is 24.6 Å². The Morgan fingerprint density at radius 1 is 1.28 bits per heavy atom. The van der Waals surface area contributed by atoms with Gasteiger partial charge >= 0.3 is 5.69 Å². The first-order valence-corrected chi connectivity index (χ1v) is 8.48. The lowest BCUT2D eigenvalue weighted by molar-refractivity contribution is 0.458. The van der Waals surface area contributed by atoms with Crippen LogP contribution in [0.2, 0.25) is 5.02 Å². The summed E-state index contributed by atoms with van der Waals surface area (Å²) in [6.45, 7) is 5.52. The molecular weight excluding hydrogens is 342 g/mol. The minimum absolute atomic E-state index is 0.305. The van der Waals surface area contributed by atoms with Gasteiger partial charge in [-0.2, -0.15) is 4.98 Å². The molecule has 0 aliphatic carbocycles. The summed E-state index contributed by atoms with van der Waals surface area (Å²) < 4.78 is 3.26. The number of benzene rings is 1. The number of fused-ring (bicyclic) bond motifs is 3. The summed E-state index contributed by atoms with van der Waals surface area (Å²) in [6, 6.07) is 5.75. The van der Waals surface area contributed by atoms with Gasteiger partial charge in [0.05, 0.1) is 0 Å². The van der Waals surface area contributed by atoms with Crippen LogP contribution >= 0.6 is 11.6 Å². The molecule has 0 amide bonds. The lowest BCUT2D eigenvalue weighted by Crippen LogP contribution is -2.35. The highest BCUT2D eigenvalue weighted by Gasteiger charge is 2.29. The lowest BCUT2D eigenvalue weighted by Gasteiger charge is -2.34. The number of halogens is 1. The molecule has 1 N–H and O–H groups in total. The number of aromatic amines is 1. The van der Waals surface area contributed by atoms with E-state index in [9.17, 15) is 9.59 Å². The number of aryl methyl sites for hydroxylation is 1. The first kappa shape index (κ1) is 16.0. The molecule has 0 unspecified atom stereocenters. The molecule has 7 nitrogen and oxygen atoms in total. The summed E-state index contributed by atoms with van der Waals surface area (Å²) in [6.07, 6.45) is 0. The number of rotatable bonds is 1. The SMILES string of the molecule is Cc1c(Cl)cccc1N1C[C@H](C)Cn2c1nc1c2c(=O)[nH]c(=O)n1C. The Kier molecular flexibility index (Phi) is 3.50. The molecule has 3 aromatic rings. The molecule has 0 radical (unpaired) electrons. The van der Waals surface area contributed by atoms with Crippen LogP contribution in [-0.2, 0) is 13.6 Å². The minimum atomic E-state index is -0.466. The first-order chi connectivity index (χ1) is 11.9. The zero-order valence-corrected chi connectivity index (χ0v) is 15.0. The van der Waals surface area contributed by atoms with Crippen molar-refractivity contribution in [1.29, 1.82) is 0 Å². The molecule has 4 rings (SSSR count). The van der Waals surface area contributed by atoms with E-state index >= 15 is 0 Å². The Balaban J connectivity index is 2.04. The van der Waals surface area contributed by atoms with Crippen LogP contribution in [0.4, 0.5) is 11.6 Å². The fourth-order valence-electron chi connectivity index (χ4n) is 3.46. The van der Waals surface area contributed by atoms with Crippen LogP contribution < -0.4 is 16.1 Å². The van der Waals surface area contributed by atoms with Crippen LogP contribution in [0.3, 0.4) is 0 Å². The highest BCUT2D eigenvalue weighted by molar-refractivity contribution is 6.31. The van der Waals surface area contributed by atoms with E-state index in [0.29, 0.717) is 34.6 Å². The molecule has 0 saturated carbocycles. The summed E-state index contributed by atoms with van der Waals surface area (Å²) in [4.78, 5) is 33.3. The number of hydrogen-bond acceptors (Lipinski definition) is 4. The zero-order chi connectivity index (χ0) is 17.9. The van der Waals surface area contributed by atoms with Crippen molar-refractivity contribution in [3.63, 3.8) is 0 Å². The van der Waals surface area contributed by atoms with E-state index in [4.69, 9.17) is 11.6 Å². The normalized spacial score (nSPS) is 17.1. The van der Waals surface area contributed by atoms with Crippen LogP contribution in [0.1, 0.15) is 12.5 Å². The van der Waals surface area contributed by atoms with Gasteiger partial charge in [0, 0.05) is 30.8 Å². The fraction of sp³-hybridized carbons (Fsp3) is 0.353. The molecule has 1 atom stereocenters. The van der Waals surface area contributed by atoms with Crippen molar-refractivity contribution in [3.8, 4) is 0 Å². The van der Waals surface area contributed by atoms with Gasteiger partial charge in [-0.3, -0.25) is 14.3 Å². The molecule has 1 aliphatic heterocycles. The Morgan fingerprint density at radius 2 is 2.04 bits per heavy atom. The van der Waals surface area contributed by atoms with Crippen molar-refractivity contribution in [1.82, 2.24) is 19.1 Å². The van der Waals surface area contributed by atoms with Crippen LogP contribution in [0.15, 0.2) is 27.8 Å². The van der Waals surface area contributed by atoms with Gasteiger partial charge in [0.2, 0.25) is 5.95 Å². The Morgan fingerprint density at radius 3 is 2.80 bits per heavy atom. The summed E-state index contributed by atoms with van der Waals surface area (Å²) in [5.74, 6) is 0.963. The van der Waals surface area contributed by atoms with Crippen molar-refractivity contribution in [2.24, 2.45) is 13.0 Å². The molecule has 0 bridgehead atoms. The van der Waals surface area contributed by atoms with Crippen molar-refractivity contribution in [2.75, 3.05) is 11.4 Å². The second kappa shape index (κ2) is 5.49. The Labute approximate surface area is 148 Å². The third-order valence-electron chi connectivity index (χ3n) is 4.75. The summed E-state index contributed by atoms with van der Waals surface area (Å²) in [7, 11) is 1.61. The highest BCUT2D eigenvalue weighted by Crippen LogP contribution is 2.36. The summed E-state index contributed by atoms with van der Waals surface area (Å²) >= 11 is 6.29. The van der Waals surface area contributed by atoms with Gasteiger partial charge in [-0.25, -0.2) is 4.79 Å². The van der Waals surface area contributed by atoms with E-state index < -0.39 is 11.2 Å². The maximum Gasteiger partial charge on any atom is 0.329 e. The lowest BCUT2D eigenvalue weighted by atomic mass is 10.1. The topological polar surface area (TPSA) is 75.9 Å². The van der Waals surface area contributed by atoms with Crippen molar-refractivity contribution in [3.05, 3.63) is 49.6 Å². The quantitative estimate of drug-likeness (QED) is 0.722. The molecular formula is C17H18ClN5O2.